The normalized spacial score (nSPS) is 21.9. The van der Waals surface area contributed by atoms with Crippen molar-refractivity contribution in [1.29, 1.82) is 0 Å². The first kappa shape index (κ1) is 20.2. The van der Waals surface area contributed by atoms with Gasteiger partial charge in [0.05, 0.1) is 6.61 Å². The molecule has 1 unspecified atom stereocenters. The monoisotopic (exact) mass is 372 g/mol. The Morgan fingerprint density at radius 1 is 1.19 bits per heavy atom. The SMILES string of the molecule is CN=C(NCc1ccccc1CN1CCCCCC1)N(C)CC1CCOC1. The maximum absolute atomic E-state index is 5.51. The number of hydrogen-bond donors (Lipinski definition) is 1. The number of guanidine groups is 1. The number of likely N-dealkylation sites (tertiary alicyclic amines) is 1. The summed E-state index contributed by atoms with van der Waals surface area (Å²) in [6.07, 6.45) is 6.59. The molecule has 0 amide bonds. The molecule has 5 nitrogen and oxygen atoms in total. The number of nitrogens with zero attached hydrogens (tertiary/aromatic N) is 3. The van der Waals surface area contributed by atoms with Gasteiger partial charge in [-0.15, -0.1) is 0 Å². The molecule has 1 N–H and O–H groups in total. The highest BCUT2D eigenvalue weighted by Gasteiger charge is 2.19. The highest BCUT2D eigenvalue weighted by molar-refractivity contribution is 5.79. The predicted molar refractivity (Wildman–Crippen MR) is 112 cm³/mol. The van der Waals surface area contributed by atoms with Crippen LogP contribution >= 0.6 is 0 Å². The number of nitrogens with one attached hydrogen (secondary N) is 1. The minimum Gasteiger partial charge on any atom is -0.381 e. The van der Waals surface area contributed by atoms with Crippen LogP contribution in [0.15, 0.2) is 29.3 Å². The van der Waals surface area contributed by atoms with Gasteiger partial charge in [-0.1, -0.05) is 37.1 Å². The van der Waals surface area contributed by atoms with Gasteiger partial charge < -0.3 is 15.0 Å². The predicted octanol–water partition coefficient (Wildman–Crippen LogP) is 3.11. The van der Waals surface area contributed by atoms with Gasteiger partial charge in [0.25, 0.3) is 0 Å². The maximum Gasteiger partial charge on any atom is 0.193 e. The van der Waals surface area contributed by atoms with Crippen molar-refractivity contribution in [3.63, 3.8) is 0 Å². The van der Waals surface area contributed by atoms with E-state index in [1.807, 2.05) is 7.05 Å². The van der Waals surface area contributed by atoms with Crippen molar-refractivity contribution in [2.75, 3.05) is 46.9 Å². The van der Waals surface area contributed by atoms with Crippen LogP contribution in [0.4, 0.5) is 0 Å². The Morgan fingerprint density at radius 2 is 1.93 bits per heavy atom. The Labute approximate surface area is 164 Å². The largest absolute Gasteiger partial charge is 0.381 e. The van der Waals surface area contributed by atoms with Gasteiger partial charge in [-0.2, -0.15) is 0 Å². The second kappa shape index (κ2) is 10.7. The van der Waals surface area contributed by atoms with E-state index >= 15 is 0 Å². The summed E-state index contributed by atoms with van der Waals surface area (Å²) >= 11 is 0. The van der Waals surface area contributed by atoms with Crippen molar-refractivity contribution >= 4 is 5.96 Å². The summed E-state index contributed by atoms with van der Waals surface area (Å²) in [7, 11) is 3.99. The first-order valence-corrected chi connectivity index (χ1v) is 10.5. The molecule has 2 heterocycles. The van der Waals surface area contributed by atoms with E-state index in [1.54, 1.807) is 0 Å². The lowest BCUT2D eigenvalue weighted by Gasteiger charge is -2.25. The van der Waals surface area contributed by atoms with Crippen LogP contribution < -0.4 is 5.32 Å². The molecule has 1 atom stereocenters. The second-order valence-corrected chi connectivity index (χ2v) is 7.97. The molecule has 0 spiro atoms. The Morgan fingerprint density at radius 3 is 2.59 bits per heavy atom. The fourth-order valence-corrected chi connectivity index (χ4v) is 4.18. The number of benzene rings is 1. The zero-order chi connectivity index (χ0) is 18.9. The summed E-state index contributed by atoms with van der Waals surface area (Å²) in [5.41, 5.74) is 2.81. The standard InChI is InChI=1S/C22H36N4O/c1-23-22(25(2)16-19-11-14-27-18-19)24-15-20-9-5-6-10-21(20)17-26-12-7-3-4-8-13-26/h5-6,9-10,19H,3-4,7-8,11-18H2,1-2H3,(H,23,24). The highest BCUT2D eigenvalue weighted by atomic mass is 16.5. The zero-order valence-electron chi connectivity index (χ0n) is 17.1. The molecule has 0 bridgehead atoms. The van der Waals surface area contributed by atoms with Crippen LogP contribution in [0.25, 0.3) is 0 Å². The number of rotatable bonds is 6. The molecule has 2 fully saturated rings. The van der Waals surface area contributed by atoms with Crippen molar-refractivity contribution in [3.8, 4) is 0 Å². The molecule has 2 aliphatic rings. The molecule has 2 saturated heterocycles. The number of ether oxygens (including phenoxy) is 1. The van der Waals surface area contributed by atoms with Gasteiger partial charge in [0.2, 0.25) is 0 Å². The van der Waals surface area contributed by atoms with Crippen molar-refractivity contribution in [2.45, 2.75) is 45.2 Å². The van der Waals surface area contributed by atoms with E-state index in [0.29, 0.717) is 5.92 Å². The summed E-state index contributed by atoms with van der Waals surface area (Å²) in [6, 6.07) is 8.84. The smallest absolute Gasteiger partial charge is 0.193 e. The quantitative estimate of drug-likeness (QED) is 0.615. The van der Waals surface area contributed by atoms with Crippen molar-refractivity contribution < 1.29 is 4.74 Å². The van der Waals surface area contributed by atoms with E-state index in [1.165, 1.54) is 49.9 Å². The molecule has 0 radical (unpaired) electrons. The van der Waals surface area contributed by atoms with Gasteiger partial charge in [-0.25, -0.2) is 0 Å². The Balaban J connectivity index is 1.56. The number of hydrogen-bond acceptors (Lipinski definition) is 3. The summed E-state index contributed by atoms with van der Waals surface area (Å²) in [6.45, 7) is 7.11. The lowest BCUT2D eigenvalue weighted by atomic mass is 10.1. The van der Waals surface area contributed by atoms with E-state index < -0.39 is 0 Å². The van der Waals surface area contributed by atoms with Crippen LogP contribution in [0.5, 0.6) is 0 Å². The molecule has 2 aliphatic heterocycles. The average Bonchev–Trinajstić information content (AvgIpc) is 3.05. The van der Waals surface area contributed by atoms with Gasteiger partial charge >= 0.3 is 0 Å². The van der Waals surface area contributed by atoms with E-state index in [-0.39, 0.29) is 0 Å². The third kappa shape index (κ3) is 6.22. The van der Waals surface area contributed by atoms with E-state index in [4.69, 9.17) is 4.74 Å². The summed E-state index contributed by atoms with van der Waals surface area (Å²) < 4.78 is 5.51. The number of aliphatic imine (C=N–C) groups is 1. The van der Waals surface area contributed by atoms with Gasteiger partial charge in [-0.05, 0) is 43.5 Å². The zero-order valence-corrected chi connectivity index (χ0v) is 17.1. The first-order chi connectivity index (χ1) is 13.3. The molecule has 150 valence electrons. The van der Waals surface area contributed by atoms with Gasteiger partial charge in [0.1, 0.15) is 0 Å². The Kier molecular flexibility index (Phi) is 7.96. The fourth-order valence-electron chi connectivity index (χ4n) is 4.18. The highest BCUT2D eigenvalue weighted by Crippen LogP contribution is 2.17. The Bertz CT molecular complexity index is 590. The molecular weight excluding hydrogens is 336 g/mol. The second-order valence-electron chi connectivity index (χ2n) is 7.97. The van der Waals surface area contributed by atoms with E-state index in [0.717, 1.165) is 45.2 Å². The van der Waals surface area contributed by atoms with Crippen molar-refractivity contribution in [3.05, 3.63) is 35.4 Å². The molecule has 5 heteroatoms. The molecule has 0 aliphatic carbocycles. The molecule has 27 heavy (non-hydrogen) atoms. The minimum absolute atomic E-state index is 0.615. The van der Waals surface area contributed by atoms with E-state index in [2.05, 4.69) is 51.4 Å². The van der Waals surface area contributed by atoms with Gasteiger partial charge in [-0.3, -0.25) is 9.89 Å². The summed E-state index contributed by atoms with van der Waals surface area (Å²) in [5.74, 6) is 1.58. The lowest BCUT2D eigenvalue weighted by Crippen LogP contribution is -2.41. The first-order valence-electron chi connectivity index (χ1n) is 10.5. The molecule has 1 aromatic carbocycles. The van der Waals surface area contributed by atoms with E-state index in [9.17, 15) is 0 Å². The fraction of sp³-hybridized carbons (Fsp3) is 0.682. The van der Waals surface area contributed by atoms with Crippen LogP contribution in [0.3, 0.4) is 0 Å². The maximum atomic E-state index is 5.51. The topological polar surface area (TPSA) is 40.1 Å². The lowest BCUT2D eigenvalue weighted by molar-refractivity contribution is 0.181. The minimum atomic E-state index is 0.615. The van der Waals surface area contributed by atoms with Crippen LogP contribution in [0.2, 0.25) is 0 Å². The average molecular weight is 373 g/mol. The van der Waals surface area contributed by atoms with Crippen LogP contribution in [0.1, 0.15) is 43.2 Å². The van der Waals surface area contributed by atoms with Gasteiger partial charge in [0.15, 0.2) is 5.96 Å². The molecule has 0 saturated carbocycles. The van der Waals surface area contributed by atoms with Crippen LogP contribution in [-0.4, -0.2) is 62.7 Å². The third-order valence-electron chi connectivity index (χ3n) is 5.78. The van der Waals surface area contributed by atoms with Crippen LogP contribution in [-0.2, 0) is 17.8 Å². The molecule has 3 rings (SSSR count). The van der Waals surface area contributed by atoms with Gasteiger partial charge in [0, 0.05) is 46.3 Å². The van der Waals surface area contributed by atoms with Crippen LogP contribution in [0, 0.1) is 5.92 Å². The Hall–Kier alpha value is -1.59. The third-order valence-corrected chi connectivity index (χ3v) is 5.78. The molecule has 0 aromatic heterocycles. The summed E-state index contributed by atoms with van der Waals surface area (Å²) in [4.78, 5) is 9.33. The van der Waals surface area contributed by atoms with Crippen molar-refractivity contribution in [1.82, 2.24) is 15.1 Å². The summed E-state index contributed by atoms with van der Waals surface area (Å²) in [5, 5.41) is 3.57. The van der Waals surface area contributed by atoms with Crippen molar-refractivity contribution in [2.24, 2.45) is 10.9 Å². The molecular formula is C22H36N4O. The molecule has 1 aromatic rings.